The van der Waals surface area contributed by atoms with Gasteiger partial charge in [-0.1, -0.05) is 0 Å². The summed E-state index contributed by atoms with van der Waals surface area (Å²) in [4.78, 5) is 28.6. The molecule has 12 heteroatoms. The molecule has 3 saturated heterocycles. The van der Waals surface area contributed by atoms with Crippen molar-refractivity contribution in [2.45, 2.75) is 57.7 Å². The largest absolute Gasteiger partial charge is 0.463 e. The molecule has 0 spiro atoms. The molecule has 2 aromatic rings. The Morgan fingerprint density at radius 3 is 2.62 bits per heavy atom. The monoisotopic (exact) mass is 717 g/mol. The Morgan fingerprint density at radius 1 is 1.23 bits per heavy atom. The van der Waals surface area contributed by atoms with Crippen LogP contribution >= 0.6 is 38.5 Å². The van der Waals surface area contributed by atoms with Gasteiger partial charge in [0.2, 0.25) is 0 Å². The molecule has 0 unspecified atom stereocenters. The average Bonchev–Trinajstić information content (AvgIpc) is 3.34. The van der Waals surface area contributed by atoms with E-state index in [0.29, 0.717) is 35.4 Å². The maximum Gasteiger partial charge on any atom is 0.410 e. The number of piperazine rings is 1. The van der Waals surface area contributed by atoms with Gasteiger partial charge in [-0.2, -0.15) is 9.97 Å². The molecule has 1 saturated carbocycles. The summed E-state index contributed by atoms with van der Waals surface area (Å²) < 4.78 is 34.0. The van der Waals surface area contributed by atoms with E-state index in [1.54, 1.807) is 0 Å². The number of rotatable bonds is 6. The molecule has 39 heavy (non-hydrogen) atoms. The Hall–Kier alpha value is -1.51. The van der Waals surface area contributed by atoms with Crippen molar-refractivity contribution in [1.82, 2.24) is 19.8 Å². The molecule has 6 rings (SSSR count). The number of amides is 1. The van der Waals surface area contributed by atoms with Crippen molar-refractivity contribution in [3.05, 3.63) is 19.9 Å². The smallest absolute Gasteiger partial charge is 0.410 e. The summed E-state index contributed by atoms with van der Waals surface area (Å²) >= 11 is 5.50. The Kier molecular flexibility index (Phi) is 7.37. The van der Waals surface area contributed by atoms with Crippen LogP contribution in [0.3, 0.4) is 0 Å². The van der Waals surface area contributed by atoms with Crippen molar-refractivity contribution >= 4 is 61.3 Å². The number of hydrogen-bond donors (Lipinski definition) is 0. The number of aromatic nitrogens is 2. The molecular weight excluding hydrogens is 684 g/mol. The zero-order chi connectivity index (χ0) is 27.5. The highest BCUT2D eigenvalue weighted by molar-refractivity contribution is 14.1. The lowest BCUT2D eigenvalue weighted by atomic mass is 10.1. The summed E-state index contributed by atoms with van der Waals surface area (Å²) in [6, 6.07) is 2.20. The minimum Gasteiger partial charge on any atom is -0.463 e. The minimum atomic E-state index is -0.546. The predicted molar refractivity (Wildman–Crippen MR) is 157 cm³/mol. The van der Waals surface area contributed by atoms with Crippen LogP contribution in [0.4, 0.5) is 15.0 Å². The van der Waals surface area contributed by atoms with Crippen LogP contribution < -0.4 is 9.64 Å². The quantitative estimate of drug-likeness (QED) is 0.311. The first kappa shape index (κ1) is 27.6. The highest BCUT2D eigenvalue weighted by atomic mass is 127. The molecule has 2 bridgehead atoms. The number of benzene rings is 1. The van der Waals surface area contributed by atoms with Crippen molar-refractivity contribution in [2.75, 3.05) is 57.4 Å². The lowest BCUT2D eigenvalue weighted by Crippen LogP contribution is -2.50. The fourth-order valence-corrected chi connectivity index (χ4v) is 6.72. The minimum absolute atomic E-state index is 0.0156. The number of hydrogen-bond acceptors (Lipinski definition) is 8. The number of likely N-dealkylation sites (tertiary alicyclic amines) is 1. The van der Waals surface area contributed by atoms with Crippen LogP contribution in [-0.2, 0) is 9.47 Å². The van der Waals surface area contributed by atoms with Gasteiger partial charge in [0.05, 0.1) is 36.4 Å². The third-order valence-corrected chi connectivity index (χ3v) is 10.4. The summed E-state index contributed by atoms with van der Waals surface area (Å²) in [7, 11) is 0. The van der Waals surface area contributed by atoms with Crippen LogP contribution in [-0.4, -0.2) is 96.1 Å². The van der Waals surface area contributed by atoms with E-state index in [9.17, 15) is 4.79 Å². The van der Waals surface area contributed by atoms with Crippen LogP contribution in [0.1, 0.15) is 40.0 Å². The predicted octanol–water partition coefficient (Wildman–Crippen LogP) is 4.83. The Balaban J connectivity index is 1.25. The summed E-state index contributed by atoms with van der Waals surface area (Å²) in [6.07, 6.45) is 2.73. The molecule has 1 amide bonds. The second-order valence-electron chi connectivity index (χ2n) is 12.2. The third kappa shape index (κ3) is 5.67. The fourth-order valence-electron chi connectivity index (χ4n) is 5.87. The van der Waals surface area contributed by atoms with Gasteiger partial charge >= 0.3 is 12.1 Å². The van der Waals surface area contributed by atoms with E-state index >= 15 is 4.39 Å². The van der Waals surface area contributed by atoms with Crippen molar-refractivity contribution in [3.63, 3.8) is 0 Å². The van der Waals surface area contributed by atoms with Crippen molar-refractivity contribution in [3.8, 4) is 6.01 Å². The van der Waals surface area contributed by atoms with Gasteiger partial charge < -0.3 is 24.0 Å². The zero-order valence-electron chi connectivity index (χ0n) is 22.5. The second kappa shape index (κ2) is 10.4. The molecule has 2 atom stereocenters. The van der Waals surface area contributed by atoms with Crippen LogP contribution in [0.25, 0.3) is 10.9 Å². The summed E-state index contributed by atoms with van der Waals surface area (Å²) in [6.45, 7) is 11.6. The van der Waals surface area contributed by atoms with E-state index < -0.39 is 11.4 Å². The van der Waals surface area contributed by atoms with Gasteiger partial charge in [0.25, 0.3) is 0 Å². The van der Waals surface area contributed by atoms with Gasteiger partial charge in [0, 0.05) is 47.1 Å². The first-order chi connectivity index (χ1) is 18.5. The maximum absolute atomic E-state index is 15.5. The summed E-state index contributed by atoms with van der Waals surface area (Å²) in [5, 5.41) is 0.651. The van der Waals surface area contributed by atoms with Crippen molar-refractivity contribution in [2.24, 2.45) is 5.41 Å². The SMILES string of the molecule is CC(C)(C)OC(=O)N1C[C@@H]2C[C@H]1CN2c1nc(OCC2(CN3CCOCC3)CC2)nc2c(F)c(Br)c(I)cc12. The normalized spacial score (nSPS) is 24.5. The van der Waals surface area contributed by atoms with E-state index in [4.69, 9.17) is 19.2 Å². The molecule has 9 nitrogen and oxygen atoms in total. The Morgan fingerprint density at radius 2 is 1.97 bits per heavy atom. The van der Waals surface area contributed by atoms with Gasteiger partial charge in [-0.05, 0) is 84.6 Å². The van der Waals surface area contributed by atoms with E-state index in [1.165, 1.54) is 0 Å². The maximum atomic E-state index is 15.5. The number of ether oxygens (including phenoxy) is 3. The van der Waals surface area contributed by atoms with E-state index in [0.717, 1.165) is 55.7 Å². The lowest BCUT2D eigenvalue weighted by Gasteiger charge is -2.36. The highest BCUT2D eigenvalue weighted by Gasteiger charge is 2.48. The number of carbonyl (C=O) groups is 1. The number of halogens is 3. The van der Waals surface area contributed by atoms with Gasteiger partial charge in [0.1, 0.15) is 16.9 Å². The topological polar surface area (TPSA) is 80.3 Å². The van der Waals surface area contributed by atoms with Crippen LogP contribution in [0, 0.1) is 14.8 Å². The summed E-state index contributed by atoms with van der Waals surface area (Å²) in [5.41, 5.74) is -0.218. The Bertz CT molecular complexity index is 1280. The fraction of sp³-hybridized carbons (Fsp3) is 0.667. The van der Waals surface area contributed by atoms with Crippen LogP contribution in [0.5, 0.6) is 6.01 Å². The standard InChI is InChI=1S/C27H34BrFIN5O4/c1-26(2,3)39-25(36)35-13-16-10-17(35)12-34(16)23-18-11-19(30)20(28)21(29)22(18)31-24(32-23)38-15-27(4-5-27)14-33-6-8-37-9-7-33/h11,16-17H,4-10,12-15H2,1-3H3/t16-,17-/m0/s1. The van der Waals surface area contributed by atoms with Crippen LogP contribution in [0.15, 0.2) is 10.5 Å². The van der Waals surface area contributed by atoms with Gasteiger partial charge in [0.15, 0.2) is 5.82 Å². The number of morpholine rings is 1. The number of carbonyl (C=O) groups excluding carboxylic acids is 1. The van der Waals surface area contributed by atoms with E-state index in [-0.39, 0.29) is 35.1 Å². The van der Waals surface area contributed by atoms with Crippen molar-refractivity contribution in [1.29, 1.82) is 0 Å². The van der Waals surface area contributed by atoms with Crippen molar-refractivity contribution < 1.29 is 23.4 Å². The number of anilines is 1. The second-order valence-corrected chi connectivity index (χ2v) is 14.2. The molecule has 0 radical (unpaired) electrons. The molecule has 3 aliphatic heterocycles. The Labute approximate surface area is 250 Å². The summed E-state index contributed by atoms with van der Waals surface area (Å²) in [5.74, 6) is 0.244. The lowest BCUT2D eigenvalue weighted by molar-refractivity contribution is 0.0214. The average molecular weight is 718 g/mol. The van der Waals surface area contributed by atoms with E-state index in [1.807, 2.05) is 31.7 Å². The molecule has 4 fully saturated rings. The zero-order valence-corrected chi connectivity index (χ0v) is 26.3. The first-order valence-corrected chi connectivity index (χ1v) is 15.4. The molecule has 1 aromatic heterocycles. The third-order valence-electron chi connectivity index (χ3n) is 8.05. The molecule has 1 aliphatic carbocycles. The highest BCUT2D eigenvalue weighted by Crippen LogP contribution is 2.47. The van der Waals surface area contributed by atoms with Crippen LogP contribution in [0.2, 0.25) is 0 Å². The molecule has 4 aliphatic rings. The van der Waals surface area contributed by atoms with E-state index in [2.05, 4.69) is 53.3 Å². The van der Waals surface area contributed by atoms with Gasteiger partial charge in [-0.25, -0.2) is 9.18 Å². The molecular formula is C27H34BrFIN5O4. The van der Waals surface area contributed by atoms with Gasteiger partial charge in [-0.3, -0.25) is 4.90 Å². The first-order valence-electron chi connectivity index (χ1n) is 13.6. The number of nitrogens with zero attached hydrogens (tertiary/aromatic N) is 5. The molecule has 4 heterocycles. The van der Waals surface area contributed by atoms with Gasteiger partial charge in [-0.15, -0.1) is 0 Å². The molecule has 1 aromatic carbocycles. The molecule has 212 valence electrons. The molecule has 0 N–H and O–H groups in total. The number of fused-ring (bicyclic) bond motifs is 3.